The normalized spacial score (nSPS) is 21.7. The second-order valence-electron chi connectivity index (χ2n) is 13.4. The van der Waals surface area contributed by atoms with Gasteiger partial charge in [-0.25, -0.2) is 9.59 Å². The van der Waals surface area contributed by atoms with E-state index in [0.29, 0.717) is 49.4 Å². The second-order valence-corrected chi connectivity index (χ2v) is 13.4. The number of nitrogens with zero attached hydrogens (tertiary/aromatic N) is 4. The molecule has 0 aromatic heterocycles. The molecule has 0 N–H and O–H groups in total. The molecule has 6 heterocycles. The molecule has 268 valence electrons. The van der Waals surface area contributed by atoms with E-state index in [0.717, 1.165) is 33.4 Å². The van der Waals surface area contributed by atoms with Gasteiger partial charge in [0.25, 0.3) is 0 Å². The smallest absolute Gasteiger partial charge is 0.324 e. The van der Waals surface area contributed by atoms with Crippen LogP contribution in [0.2, 0.25) is 0 Å². The SMILES string of the molecule is O=C1N2Cc3cc4c5cc3CN(C(=O)N3Cc6cc(c(cc6CN1C3c1ccccc1)OCCOCCO4)OCCOCCO5)C2c1ccccc1. The fourth-order valence-electron chi connectivity index (χ4n) is 7.78. The fourth-order valence-corrected chi connectivity index (χ4v) is 7.78. The number of hydrogen-bond acceptors (Lipinski definition) is 8. The largest absolute Gasteiger partial charge is 0.487 e. The fraction of sp³-hybridized carbons (Fsp3) is 0.350. The second kappa shape index (κ2) is 13.9. The first-order chi connectivity index (χ1) is 25.6. The zero-order valence-electron chi connectivity index (χ0n) is 28.8. The van der Waals surface area contributed by atoms with Crippen LogP contribution in [0, 0.1) is 0 Å². The minimum absolute atomic E-state index is 0.197. The molecule has 6 aliphatic heterocycles. The molecule has 4 aromatic rings. The molecule has 1 fully saturated rings. The van der Waals surface area contributed by atoms with Gasteiger partial charge in [-0.05, 0) is 57.6 Å². The summed E-state index contributed by atoms with van der Waals surface area (Å²) < 4.78 is 37.0. The molecule has 0 radical (unpaired) electrons. The molecule has 4 amide bonds. The summed E-state index contributed by atoms with van der Waals surface area (Å²) >= 11 is 0. The molecule has 12 bridgehead atoms. The van der Waals surface area contributed by atoms with Crippen molar-refractivity contribution < 1.29 is 38.0 Å². The third-order valence-electron chi connectivity index (χ3n) is 10.2. The van der Waals surface area contributed by atoms with Crippen molar-refractivity contribution in [3.8, 4) is 23.0 Å². The van der Waals surface area contributed by atoms with Crippen LogP contribution in [0.25, 0.3) is 0 Å². The Morgan fingerprint density at radius 1 is 0.404 bits per heavy atom. The van der Waals surface area contributed by atoms with Gasteiger partial charge in [0, 0.05) is 0 Å². The van der Waals surface area contributed by atoms with Gasteiger partial charge in [0.2, 0.25) is 0 Å². The number of carbonyl (C=O) groups is 2. The first kappa shape index (κ1) is 32.4. The first-order valence-corrected chi connectivity index (χ1v) is 17.8. The van der Waals surface area contributed by atoms with E-state index in [9.17, 15) is 0 Å². The quantitative estimate of drug-likeness (QED) is 0.240. The topological polar surface area (TPSA) is 102 Å². The number of urea groups is 2. The monoisotopic (exact) mass is 704 g/mol. The van der Waals surface area contributed by atoms with E-state index in [4.69, 9.17) is 28.4 Å². The van der Waals surface area contributed by atoms with Gasteiger partial charge in [0.05, 0.1) is 52.6 Å². The lowest BCUT2D eigenvalue weighted by atomic mass is 10.0. The van der Waals surface area contributed by atoms with Crippen LogP contribution in [-0.4, -0.2) is 84.5 Å². The third kappa shape index (κ3) is 6.01. The molecule has 6 aliphatic rings. The van der Waals surface area contributed by atoms with Crippen LogP contribution in [-0.2, 0) is 35.7 Å². The molecule has 0 saturated carbocycles. The highest BCUT2D eigenvalue weighted by molar-refractivity contribution is 5.83. The predicted octanol–water partition coefficient (Wildman–Crippen LogP) is 5.85. The van der Waals surface area contributed by atoms with Gasteiger partial charge in [-0.15, -0.1) is 0 Å². The average Bonchev–Trinajstić information content (AvgIpc) is 3.44. The molecule has 1 saturated heterocycles. The summed E-state index contributed by atoms with van der Waals surface area (Å²) in [5.74, 6) is 2.14. The highest BCUT2D eigenvalue weighted by atomic mass is 16.6. The van der Waals surface area contributed by atoms with E-state index in [-0.39, 0.29) is 64.7 Å². The molecule has 12 heteroatoms. The maximum Gasteiger partial charge on any atom is 0.324 e. The number of ether oxygens (including phenoxy) is 6. The van der Waals surface area contributed by atoms with Crippen LogP contribution in [0.15, 0.2) is 84.9 Å². The Morgan fingerprint density at radius 2 is 0.692 bits per heavy atom. The molecule has 0 spiro atoms. The minimum atomic E-state index is -0.693. The Morgan fingerprint density at radius 3 is 0.981 bits per heavy atom. The van der Waals surface area contributed by atoms with Crippen molar-refractivity contribution in [1.82, 2.24) is 19.6 Å². The van der Waals surface area contributed by atoms with E-state index in [2.05, 4.69) is 0 Å². The summed E-state index contributed by atoms with van der Waals surface area (Å²) in [6, 6.07) is 27.0. The lowest BCUT2D eigenvalue weighted by Gasteiger charge is -2.48. The Balaban J connectivity index is 1.30. The molecule has 0 atom stereocenters. The molecular formula is C40H40N4O8. The van der Waals surface area contributed by atoms with E-state index >= 15 is 9.59 Å². The summed E-state index contributed by atoms with van der Waals surface area (Å²) in [5, 5.41) is 0. The Labute approximate surface area is 301 Å². The molecule has 10 rings (SSSR count). The van der Waals surface area contributed by atoms with Gasteiger partial charge in [0.15, 0.2) is 23.0 Å². The number of hydrogen-bond donors (Lipinski definition) is 0. The zero-order chi connectivity index (χ0) is 35.0. The van der Waals surface area contributed by atoms with Crippen LogP contribution in [0.5, 0.6) is 23.0 Å². The standard InChI is InChI=1S/C40H40N4O8/c45-39-41-23-29-19-33-34-20-30(29)24-42(37(41)27-7-3-1-4-8-27)40(46)44-26-32-22-36(52-18-14-48-12-16-50-34)35(51-17-13-47-11-15-49-33)21-31(32)25-43(39)38(44)28-9-5-2-6-10-28/h1-10,19-22,37-38H,11-18,23-26H2. The number of rotatable bonds is 2. The average molecular weight is 705 g/mol. The number of carbonyl (C=O) groups excluding carboxylic acids is 2. The Kier molecular flexibility index (Phi) is 8.69. The van der Waals surface area contributed by atoms with Gasteiger partial charge < -0.3 is 28.4 Å². The molecule has 4 aromatic carbocycles. The van der Waals surface area contributed by atoms with Crippen molar-refractivity contribution in [2.45, 2.75) is 38.5 Å². The Hall–Kier alpha value is -5.46. The van der Waals surface area contributed by atoms with Crippen molar-refractivity contribution >= 4 is 12.1 Å². The van der Waals surface area contributed by atoms with Crippen molar-refractivity contribution in [2.24, 2.45) is 0 Å². The summed E-state index contributed by atoms with van der Waals surface area (Å²) in [6.45, 7) is 3.41. The van der Waals surface area contributed by atoms with E-state index in [1.807, 2.05) is 105 Å². The molecule has 12 nitrogen and oxygen atoms in total. The van der Waals surface area contributed by atoms with Crippen LogP contribution in [0.1, 0.15) is 45.7 Å². The van der Waals surface area contributed by atoms with Gasteiger partial charge >= 0.3 is 12.1 Å². The van der Waals surface area contributed by atoms with Crippen LogP contribution >= 0.6 is 0 Å². The number of amides is 4. The number of benzene rings is 4. The van der Waals surface area contributed by atoms with Crippen molar-refractivity contribution in [3.63, 3.8) is 0 Å². The zero-order valence-corrected chi connectivity index (χ0v) is 28.8. The van der Waals surface area contributed by atoms with Gasteiger partial charge in [0.1, 0.15) is 38.8 Å². The lowest BCUT2D eigenvalue weighted by Crippen LogP contribution is -2.59. The van der Waals surface area contributed by atoms with Gasteiger partial charge in [-0.1, -0.05) is 60.7 Å². The molecule has 0 aliphatic carbocycles. The maximum atomic E-state index is 15.5. The van der Waals surface area contributed by atoms with Crippen LogP contribution in [0.3, 0.4) is 0 Å². The van der Waals surface area contributed by atoms with Crippen molar-refractivity contribution in [3.05, 3.63) is 118 Å². The summed E-state index contributed by atoms with van der Waals surface area (Å²) in [6.07, 6.45) is -1.39. The highest BCUT2D eigenvalue weighted by Gasteiger charge is 2.48. The van der Waals surface area contributed by atoms with Gasteiger partial charge in [-0.2, -0.15) is 0 Å². The highest BCUT2D eigenvalue weighted by Crippen LogP contribution is 2.45. The van der Waals surface area contributed by atoms with E-state index in [1.165, 1.54) is 0 Å². The predicted molar refractivity (Wildman–Crippen MR) is 188 cm³/mol. The molecule has 52 heavy (non-hydrogen) atoms. The van der Waals surface area contributed by atoms with Crippen molar-refractivity contribution in [1.29, 1.82) is 0 Å². The summed E-state index contributed by atoms with van der Waals surface area (Å²) in [4.78, 5) is 38.4. The van der Waals surface area contributed by atoms with Crippen LogP contribution < -0.4 is 18.9 Å². The lowest BCUT2D eigenvalue weighted by molar-refractivity contribution is -0.0118. The maximum absolute atomic E-state index is 15.5. The third-order valence-corrected chi connectivity index (χ3v) is 10.2. The summed E-state index contributed by atoms with van der Waals surface area (Å²) in [7, 11) is 0. The molecule has 0 unspecified atom stereocenters. The van der Waals surface area contributed by atoms with Crippen LogP contribution in [0.4, 0.5) is 9.59 Å². The van der Waals surface area contributed by atoms with Crippen molar-refractivity contribution in [2.75, 3.05) is 52.9 Å². The molecular weight excluding hydrogens is 664 g/mol. The summed E-state index contributed by atoms with van der Waals surface area (Å²) in [5.41, 5.74) is 5.17. The van der Waals surface area contributed by atoms with E-state index in [1.54, 1.807) is 0 Å². The first-order valence-electron chi connectivity index (χ1n) is 17.8. The Bertz CT molecular complexity index is 1730. The minimum Gasteiger partial charge on any atom is -0.487 e. The number of fused-ring (bicyclic) bond motifs is 12. The van der Waals surface area contributed by atoms with Gasteiger partial charge in [-0.3, -0.25) is 19.6 Å². The van der Waals surface area contributed by atoms with E-state index < -0.39 is 12.3 Å².